The lowest BCUT2D eigenvalue weighted by Gasteiger charge is -2.07. The van der Waals surface area contributed by atoms with Gasteiger partial charge in [0.15, 0.2) is 5.82 Å². The van der Waals surface area contributed by atoms with Gasteiger partial charge in [-0.05, 0) is 25.1 Å². The van der Waals surface area contributed by atoms with Crippen molar-refractivity contribution in [2.24, 2.45) is 0 Å². The number of hydrogen-bond donors (Lipinski definition) is 0. The first-order valence-electron chi connectivity index (χ1n) is 5.93. The van der Waals surface area contributed by atoms with E-state index in [0.29, 0.717) is 23.8 Å². The summed E-state index contributed by atoms with van der Waals surface area (Å²) in [5.74, 6) is 0.802. The lowest BCUT2D eigenvalue weighted by Crippen LogP contribution is -2.02. The molecule has 96 valence electrons. The van der Waals surface area contributed by atoms with Crippen LogP contribution < -0.4 is 0 Å². The monoisotopic (exact) mass is 257 g/mol. The second-order valence-electron chi connectivity index (χ2n) is 4.26. The van der Waals surface area contributed by atoms with E-state index < -0.39 is 0 Å². The van der Waals surface area contributed by atoms with Crippen LogP contribution in [-0.2, 0) is 6.54 Å². The van der Waals surface area contributed by atoms with Gasteiger partial charge in [0.25, 0.3) is 5.89 Å². The largest absolute Gasteiger partial charge is 0.339 e. The fraction of sp³-hybridized carbons (Fsp3) is 0.143. The van der Waals surface area contributed by atoms with Crippen molar-refractivity contribution in [1.82, 2.24) is 14.7 Å². The molecule has 3 aromatic rings. The summed E-state index contributed by atoms with van der Waals surface area (Å²) in [7, 11) is 0. The zero-order valence-corrected chi connectivity index (χ0v) is 10.4. The second kappa shape index (κ2) is 4.68. The molecule has 0 bridgehead atoms. The Hall–Kier alpha value is -2.43. The van der Waals surface area contributed by atoms with Gasteiger partial charge in [0.1, 0.15) is 11.5 Å². The summed E-state index contributed by atoms with van der Waals surface area (Å²) in [5.41, 5.74) is 1.40. The van der Waals surface area contributed by atoms with E-state index in [9.17, 15) is 4.39 Å². The maximum atomic E-state index is 13.7. The van der Waals surface area contributed by atoms with E-state index in [1.165, 1.54) is 6.07 Å². The van der Waals surface area contributed by atoms with Crippen molar-refractivity contribution < 1.29 is 8.91 Å². The number of halogens is 1. The number of aryl methyl sites for hydroxylation is 1. The van der Waals surface area contributed by atoms with E-state index in [1.54, 1.807) is 19.1 Å². The van der Waals surface area contributed by atoms with Gasteiger partial charge in [0.05, 0.1) is 6.54 Å². The van der Waals surface area contributed by atoms with Gasteiger partial charge in [-0.3, -0.25) is 0 Å². The third-order valence-corrected chi connectivity index (χ3v) is 2.87. The summed E-state index contributed by atoms with van der Waals surface area (Å²) in [6.07, 6.45) is 1.86. The molecule has 0 aliphatic carbocycles. The molecule has 5 heteroatoms. The first kappa shape index (κ1) is 11.6. The molecule has 19 heavy (non-hydrogen) atoms. The molecule has 0 aliphatic rings. The van der Waals surface area contributed by atoms with E-state index in [0.717, 1.165) is 5.69 Å². The van der Waals surface area contributed by atoms with Crippen molar-refractivity contribution in [3.05, 3.63) is 59.8 Å². The van der Waals surface area contributed by atoms with Gasteiger partial charge in [-0.2, -0.15) is 4.98 Å². The number of hydrogen-bond acceptors (Lipinski definition) is 3. The third kappa shape index (κ3) is 2.27. The molecule has 0 fully saturated rings. The zero-order chi connectivity index (χ0) is 13.2. The van der Waals surface area contributed by atoms with Crippen molar-refractivity contribution in [2.75, 3.05) is 0 Å². The summed E-state index contributed by atoms with van der Waals surface area (Å²) in [6, 6.07) is 10.5. The molecule has 2 aromatic heterocycles. The van der Waals surface area contributed by atoms with E-state index in [-0.39, 0.29) is 5.82 Å². The van der Waals surface area contributed by atoms with Crippen LogP contribution >= 0.6 is 0 Å². The molecule has 1 aromatic carbocycles. The van der Waals surface area contributed by atoms with Gasteiger partial charge in [0, 0.05) is 11.8 Å². The van der Waals surface area contributed by atoms with Gasteiger partial charge in [-0.25, -0.2) is 4.39 Å². The maximum Gasteiger partial charge on any atom is 0.274 e. The molecule has 0 spiro atoms. The summed E-state index contributed by atoms with van der Waals surface area (Å²) >= 11 is 0. The summed E-state index contributed by atoms with van der Waals surface area (Å²) < 4.78 is 20.7. The Labute approximate surface area is 109 Å². The molecular weight excluding hydrogens is 245 g/mol. The molecule has 0 unspecified atom stereocenters. The van der Waals surface area contributed by atoms with Crippen LogP contribution in [0.3, 0.4) is 0 Å². The Morgan fingerprint density at radius 3 is 2.79 bits per heavy atom. The summed E-state index contributed by atoms with van der Waals surface area (Å²) in [5, 5.41) is 3.76. The normalized spacial score (nSPS) is 10.8. The Morgan fingerprint density at radius 1 is 1.21 bits per heavy atom. The highest BCUT2D eigenvalue weighted by atomic mass is 19.1. The number of aromatic nitrogens is 3. The van der Waals surface area contributed by atoms with E-state index in [2.05, 4.69) is 10.1 Å². The fourth-order valence-electron chi connectivity index (χ4n) is 1.96. The molecule has 3 rings (SSSR count). The number of rotatable bonds is 3. The van der Waals surface area contributed by atoms with Crippen LogP contribution in [0.5, 0.6) is 0 Å². The van der Waals surface area contributed by atoms with Gasteiger partial charge < -0.3 is 9.09 Å². The molecule has 0 saturated carbocycles. The van der Waals surface area contributed by atoms with Crippen molar-refractivity contribution in [2.45, 2.75) is 13.5 Å². The smallest absolute Gasteiger partial charge is 0.274 e. The maximum absolute atomic E-state index is 13.7. The summed E-state index contributed by atoms with van der Waals surface area (Å²) in [6.45, 7) is 2.19. The minimum atomic E-state index is -0.219. The lowest BCUT2D eigenvalue weighted by atomic mass is 10.2. The minimum absolute atomic E-state index is 0.219. The highest BCUT2D eigenvalue weighted by Crippen LogP contribution is 2.20. The molecule has 0 amide bonds. The van der Waals surface area contributed by atoms with Crippen LogP contribution in [-0.4, -0.2) is 14.7 Å². The van der Waals surface area contributed by atoms with Gasteiger partial charge in [-0.15, -0.1) is 0 Å². The van der Waals surface area contributed by atoms with Gasteiger partial charge in [0.2, 0.25) is 0 Å². The fourth-order valence-corrected chi connectivity index (χ4v) is 1.96. The quantitative estimate of drug-likeness (QED) is 0.724. The van der Waals surface area contributed by atoms with E-state index in [1.807, 2.05) is 29.0 Å². The van der Waals surface area contributed by atoms with Crippen LogP contribution in [0.25, 0.3) is 11.6 Å². The van der Waals surface area contributed by atoms with Gasteiger partial charge in [-0.1, -0.05) is 23.4 Å². The van der Waals surface area contributed by atoms with Crippen LogP contribution in [0.2, 0.25) is 0 Å². The molecule has 0 N–H and O–H groups in total. The SMILES string of the molecule is Cc1noc(-c2cccn2Cc2ccccc2F)n1. The molecule has 0 saturated heterocycles. The number of nitrogens with zero attached hydrogens (tertiary/aromatic N) is 3. The first-order valence-corrected chi connectivity index (χ1v) is 5.93. The predicted molar refractivity (Wildman–Crippen MR) is 68.0 cm³/mol. The van der Waals surface area contributed by atoms with Crippen LogP contribution in [0.15, 0.2) is 47.1 Å². The zero-order valence-electron chi connectivity index (χ0n) is 10.4. The average Bonchev–Trinajstić information content (AvgIpc) is 3.01. The average molecular weight is 257 g/mol. The predicted octanol–water partition coefficient (Wildman–Crippen LogP) is 3.03. The first-order chi connectivity index (χ1) is 9.24. The molecule has 0 radical (unpaired) electrons. The molecular formula is C14H12FN3O. The minimum Gasteiger partial charge on any atom is -0.339 e. The Bertz CT molecular complexity index is 702. The van der Waals surface area contributed by atoms with Crippen LogP contribution in [0.1, 0.15) is 11.4 Å². The Morgan fingerprint density at radius 2 is 2.05 bits per heavy atom. The van der Waals surface area contributed by atoms with Crippen molar-refractivity contribution in [3.8, 4) is 11.6 Å². The van der Waals surface area contributed by atoms with Crippen molar-refractivity contribution in [1.29, 1.82) is 0 Å². The molecule has 2 heterocycles. The van der Waals surface area contributed by atoms with E-state index >= 15 is 0 Å². The Kier molecular flexibility index (Phi) is 2.87. The van der Waals surface area contributed by atoms with Crippen LogP contribution in [0, 0.1) is 12.7 Å². The van der Waals surface area contributed by atoms with E-state index in [4.69, 9.17) is 4.52 Å². The highest BCUT2D eigenvalue weighted by Gasteiger charge is 2.12. The van der Waals surface area contributed by atoms with Crippen molar-refractivity contribution in [3.63, 3.8) is 0 Å². The highest BCUT2D eigenvalue weighted by molar-refractivity contribution is 5.48. The van der Waals surface area contributed by atoms with Crippen molar-refractivity contribution >= 4 is 0 Å². The Balaban J connectivity index is 1.95. The second-order valence-corrected chi connectivity index (χ2v) is 4.26. The lowest BCUT2D eigenvalue weighted by molar-refractivity contribution is 0.422. The molecule has 0 atom stereocenters. The molecule has 0 aliphatic heterocycles. The number of benzene rings is 1. The van der Waals surface area contributed by atoms with Gasteiger partial charge >= 0.3 is 0 Å². The third-order valence-electron chi connectivity index (χ3n) is 2.87. The molecule has 4 nitrogen and oxygen atoms in total. The standard InChI is InChI=1S/C14H12FN3O/c1-10-16-14(19-17-10)13-7-4-8-18(13)9-11-5-2-3-6-12(11)15/h2-8H,9H2,1H3. The van der Waals surface area contributed by atoms with Crippen LogP contribution in [0.4, 0.5) is 4.39 Å². The summed E-state index contributed by atoms with van der Waals surface area (Å²) in [4.78, 5) is 4.19. The topological polar surface area (TPSA) is 43.9 Å².